The predicted octanol–water partition coefficient (Wildman–Crippen LogP) is 3.71. The second-order valence-electron chi connectivity index (χ2n) is 4.37. The highest BCUT2D eigenvalue weighted by molar-refractivity contribution is 6.17. The molecule has 0 spiro atoms. The van der Waals surface area contributed by atoms with E-state index in [1.165, 1.54) is 11.1 Å². The van der Waals surface area contributed by atoms with Gasteiger partial charge in [-0.2, -0.15) is 0 Å². The normalized spacial score (nSPS) is 11.6. The van der Waals surface area contributed by atoms with E-state index >= 15 is 0 Å². The van der Waals surface area contributed by atoms with Gasteiger partial charge in [0, 0.05) is 18.3 Å². The molecule has 2 nitrogen and oxygen atoms in total. The summed E-state index contributed by atoms with van der Waals surface area (Å²) >= 11 is 5.83. The summed E-state index contributed by atoms with van der Waals surface area (Å²) in [5, 5.41) is 0. The highest BCUT2D eigenvalue weighted by Gasteiger charge is 2.13. The number of para-hydroxylation sites is 1. The lowest BCUT2D eigenvalue weighted by Gasteiger charge is -2.13. The van der Waals surface area contributed by atoms with E-state index in [4.69, 9.17) is 11.6 Å². The van der Waals surface area contributed by atoms with Gasteiger partial charge in [0.15, 0.2) is 0 Å². The van der Waals surface area contributed by atoms with Gasteiger partial charge in [-0.05, 0) is 32.4 Å². The molecule has 0 fully saturated rings. The van der Waals surface area contributed by atoms with Crippen LogP contribution in [0.15, 0.2) is 18.2 Å². The molecule has 0 aliphatic carbocycles. The molecule has 0 aliphatic heterocycles. The Bertz CT molecular complexity index is 500. The molecule has 1 aromatic heterocycles. The van der Waals surface area contributed by atoms with Crippen molar-refractivity contribution in [1.29, 1.82) is 0 Å². The number of alkyl halides is 1. The summed E-state index contributed by atoms with van der Waals surface area (Å²) < 4.78 is 2.30. The maximum absolute atomic E-state index is 5.83. The van der Waals surface area contributed by atoms with Gasteiger partial charge in [0.25, 0.3) is 0 Å². The fourth-order valence-electron chi connectivity index (χ4n) is 2.19. The first-order chi connectivity index (χ1) is 7.65. The second-order valence-corrected chi connectivity index (χ2v) is 4.75. The van der Waals surface area contributed by atoms with Crippen LogP contribution < -0.4 is 0 Å². The van der Waals surface area contributed by atoms with E-state index in [2.05, 4.69) is 48.5 Å². The Morgan fingerprint density at radius 3 is 2.75 bits per heavy atom. The molecule has 0 saturated heterocycles. The Labute approximate surface area is 101 Å². The molecular weight excluding hydrogens is 220 g/mol. The summed E-state index contributed by atoms with van der Waals surface area (Å²) in [6.07, 6.45) is 0.827. The van der Waals surface area contributed by atoms with Crippen LogP contribution in [0.5, 0.6) is 0 Å². The molecule has 2 rings (SSSR count). The Morgan fingerprint density at radius 2 is 2.12 bits per heavy atom. The van der Waals surface area contributed by atoms with Crippen molar-refractivity contribution < 1.29 is 0 Å². The number of benzene rings is 1. The van der Waals surface area contributed by atoms with Crippen molar-refractivity contribution >= 4 is 22.6 Å². The van der Waals surface area contributed by atoms with Gasteiger partial charge in [0.1, 0.15) is 5.82 Å². The maximum atomic E-state index is 5.83. The van der Waals surface area contributed by atoms with Crippen molar-refractivity contribution in [2.24, 2.45) is 0 Å². The topological polar surface area (TPSA) is 17.8 Å². The minimum atomic E-state index is 0.421. The maximum Gasteiger partial charge on any atom is 0.111 e. The van der Waals surface area contributed by atoms with Crippen LogP contribution in [0.25, 0.3) is 11.0 Å². The van der Waals surface area contributed by atoms with Gasteiger partial charge in [-0.1, -0.05) is 12.1 Å². The number of halogens is 1. The largest absolute Gasteiger partial charge is 0.325 e. The average Bonchev–Trinajstić information content (AvgIpc) is 2.58. The summed E-state index contributed by atoms with van der Waals surface area (Å²) in [6, 6.07) is 6.68. The van der Waals surface area contributed by atoms with Gasteiger partial charge in [0.05, 0.1) is 11.0 Å². The van der Waals surface area contributed by atoms with E-state index in [1.54, 1.807) is 0 Å². The SMILES string of the molecule is Cc1cccc2nc(CCCl)n(C(C)C)c12. The molecule has 0 bridgehead atoms. The zero-order valence-electron chi connectivity index (χ0n) is 10.00. The Morgan fingerprint density at radius 1 is 1.38 bits per heavy atom. The number of hydrogen-bond donors (Lipinski definition) is 0. The van der Waals surface area contributed by atoms with E-state index in [1.807, 2.05) is 0 Å². The highest BCUT2D eigenvalue weighted by Crippen LogP contribution is 2.24. The first-order valence-corrected chi connectivity index (χ1v) is 6.21. The van der Waals surface area contributed by atoms with Crippen LogP contribution in [0.2, 0.25) is 0 Å². The minimum Gasteiger partial charge on any atom is -0.325 e. The second kappa shape index (κ2) is 4.46. The molecular formula is C13H17ClN2. The molecule has 0 unspecified atom stereocenters. The molecule has 0 saturated carbocycles. The number of fused-ring (bicyclic) bond motifs is 1. The van der Waals surface area contributed by atoms with Crippen molar-refractivity contribution in [2.45, 2.75) is 33.2 Å². The van der Waals surface area contributed by atoms with Crippen molar-refractivity contribution in [3.05, 3.63) is 29.6 Å². The zero-order chi connectivity index (χ0) is 11.7. The van der Waals surface area contributed by atoms with Gasteiger partial charge >= 0.3 is 0 Å². The molecule has 16 heavy (non-hydrogen) atoms. The van der Waals surface area contributed by atoms with E-state index in [-0.39, 0.29) is 0 Å². The third kappa shape index (κ3) is 1.82. The molecule has 0 N–H and O–H groups in total. The van der Waals surface area contributed by atoms with Crippen molar-refractivity contribution in [3.63, 3.8) is 0 Å². The lowest BCUT2D eigenvalue weighted by molar-refractivity contribution is 0.588. The predicted molar refractivity (Wildman–Crippen MR) is 69.3 cm³/mol. The molecule has 86 valence electrons. The van der Waals surface area contributed by atoms with E-state index in [0.717, 1.165) is 17.8 Å². The first kappa shape index (κ1) is 11.5. The van der Waals surface area contributed by atoms with Gasteiger partial charge in [0.2, 0.25) is 0 Å². The fraction of sp³-hybridized carbons (Fsp3) is 0.462. The summed E-state index contributed by atoms with van der Waals surface area (Å²) in [4.78, 5) is 4.66. The third-order valence-corrected chi connectivity index (χ3v) is 3.01. The number of rotatable bonds is 3. The number of nitrogens with zero attached hydrogens (tertiary/aromatic N) is 2. The Kier molecular flexibility index (Phi) is 3.20. The lowest BCUT2D eigenvalue weighted by atomic mass is 10.2. The minimum absolute atomic E-state index is 0.421. The van der Waals surface area contributed by atoms with Crippen LogP contribution in [-0.4, -0.2) is 15.4 Å². The summed E-state index contributed by atoms with van der Waals surface area (Å²) in [6.45, 7) is 6.50. The molecule has 0 atom stereocenters. The first-order valence-electron chi connectivity index (χ1n) is 5.67. The van der Waals surface area contributed by atoms with Crippen LogP contribution in [0.4, 0.5) is 0 Å². The molecule has 1 aromatic carbocycles. The van der Waals surface area contributed by atoms with Crippen LogP contribution in [-0.2, 0) is 6.42 Å². The van der Waals surface area contributed by atoms with Gasteiger partial charge < -0.3 is 4.57 Å². The summed E-state index contributed by atoms with van der Waals surface area (Å²) in [7, 11) is 0. The third-order valence-electron chi connectivity index (χ3n) is 2.82. The number of hydrogen-bond acceptors (Lipinski definition) is 1. The number of aromatic nitrogens is 2. The summed E-state index contributed by atoms with van der Waals surface area (Å²) in [5.41, 5.74) is 3.60. The molecule has 3 heteroatoms. The Balaban J connectivity index is 2.72. The van der Waals surface area contributed by atoms with Gasteiger partial charge in [-0.15, -0.1) is 11.6 Å². The van der Waals surface area contributed by atoms with Gasteiger partial charge in [-0.25, -0.2) is 4.98 Å². The lowest BCUT2D eigenvalue weighted by Crippen LogP contribution is -2.07. The van der Waals surface area contributed by atoms with Crippen LogP contribution in [0.1, 0.15) is 31.3 Å². The fourth-order valence-corrected chi connectivity index (χ4v) is 2.36. The van der Waals surface area contributed by atoms with Gasteiger partial charge in [-0.3, -0.25) is 0 Å². The molecule has 0 radical (unpaired) electrons. The van der Waals surface area contributed by atoms with Crippen LogP contribution in [0.3, 0.4) is 0 Å². The smallest absolute Gasteiger partial charge is 0.111 e. The molecule has 0 aliphatic rings. The van der Waals surface area contributed by atoms with E-state index in [0.29, 0.717) is 11.9 Å². The average molecular weight is 237 g/mol. The van der Waals surface area contributed by atoms with E-state index < -0.39 is 0 Å². The highest BCUT2D eigenvalue weighted by atomic mass is 35.5. The zero-order valence-corrected chi connectivity index (χ0v) is 10.8. The van der Waals surface area contributed by atoms with Crippen LogP contribution >= 0.6 is 11.6 Å². The standard InChI is InChI=1S/C13H17ClN2/c1-9(2)16-12(7-8-14)15-11-6-4-5-10(3)13(11)16/h4-6,9H,7-8H2,1-3H3. The van der Waals surface area contributed by atoms with Crippen molar-refractivity contribution in [2.75, 3.05) is 5.88 Å². The van der Waals surface area contributed by atoms with Crippen molar-refractivity contribution in [3.8, 4) is 0 Å². The van der Waals surface area contributed by atoms with Crippen molar-refractivity contribution in [1.82, 2.24) is 9.55 Å². The van der Waals surface area contributed by atoms with Crippen LogP contribution in [0, 0.1) is 6.92 Å². The number of imidazole rings is 1. The molecule has 2 aromatic rings. The van der Waals surface area contributed by atoms with E-state index in [9.17, 15) is 0 Å². The molecule has 0 amide bonds. The monoisotopic (exact) mass is 236 g/mol. The quantitative estimate of drug-likeness (QED) is 0.743. The summed E-state index contributed by atoms with van der Waals surface area (Å²) in [5.74, 6) is 1.71. The molecule has 1 heterocycles. The Hall–Kier alpha value is -1.02. The number of aryl methyl sites for hydroxylation is 2.